The van der Waals surface area contributed by atoms with E-state index < -0.39 is 5.97 Å². The molecular weight excluding hydrogens is 264 g/mol. The van der Waals surface area contributed by atoms with E-state index in [0.29, 0.717) is 16.1 Å². The number of carbonyl (C=O) groups is 1. The molecule has 3 aromatic rings. The van der Waals surface area contributed by atoms with Crippen LogP contribution >= 0.6 is 11.3 Å². The molecule has 6 nitrogen and oxygen atoms in total. The fraction of sp³-hybridized carbons (Fsp3) is 0.167. The quantitative estimate of drug-likeness (QED) is 0.739. The Labute approximate surface area is 112 Å². The first-order valence-electron chi connectivity index (χ1n) is 5.62. The minimum atomic E-state index is -0.400. The molecule has 2 heterocycles. The standard InChI is InChI=1S/C12H10N4O2S/c1-7-14-15-10(19-7)6-18-12(17)9-4-2-3-8-5-13-16-11(8)9/h2-5H,6H2,1H3,(H,13,16). The Kier molecular flexibility index (Phi) is 2.96. The van der Waals surface area contributed by atoms with Gasteiger partial charge in [-0.15, -0.1) is 10.2 Å². The van der Waals surface area contributed by atoms with Gasteiger partial charge in [0, 0.05) is 5.39 Å². The lowest BCUT2D eigenvalue weighted by atomic mass is 10.1. The summed E-state index contributed by atoms with van der Waals surface area (Å²) >= 11 is 1.41. The number of rotatable bonds is 3. The van der Waals surface area contributed by atoms with E-state index in [0.717, 1.165) is 10.4 Å². The predicted octanol–water partition coefficient (Wildman–Crippen LogP) is 2.08. The molecule has 19 heavy (non-hydrogen) atoms. The van der Waals surface area contributed by atoms with Gasteiger partial charge < -0.3 is 4.74 Å². The van der Waals surface area contributed by atoms with Crippen molar-refractivity contribution in [2.45, 2.75) is 13.5 Å². The van der Waals surface area contributed by atoms with Gasteiger partial charge in [0.25, 0.3) is 0 Å². The largest absolute Gasteiger partial charge is 0.455 e. The number of nitrogens with zero attached hydrogens (tertiary/aromatic N) is 3. The van der Waals surface area contributed by atoms with E-state index in [1.54, 1.807) is 18.3 Å². The molecule has 0 unspecified atom stereocenters. The van der Waals surface area contributed by atoms with Gasteiger partial charge in [-0.2, -0.15) is 5.10 Å². The smallest absolute Gasteiger partial charge is 0.340 e. The highest BCUT2D eigenvalue weighted by molar-refractivity contribution is 7.11. The second kappa shape index (κ2) is 4.77. The number of benzene rings is 1. The topological polar surface area (TPSA) is 80.8 Å². The monoisotopic (exact) mass is 274 g/mol. The molecule has 0 atom stereocenters. The average molecular weight is 274 g/mol. The molecule has 96 valence electrons. The molecule has 3 rings (SSSR count). The van der Waals surface area contributed by atoms with Gasteiger partial charge >= 0.3 is 5.97 Å². The molecule has 0 aliphatic rings. The molecule has 7 heteroatoms. The molecule has 0 aliphatic carbocycles. The maximum Gasteiger partial charge on any atom is 0.340 e. The van der Waals surface area contributed by atoms with Crippen molar-refractivity contribution in [2.24, 2.45) is 0 Å². The van der Waals surface area contributed by atoms with Gasteiger partial charge in [-0.1, -0.05) is 23.5 Å². The van der Waals surface area contributed by atoms with Gasteiger partial charge in [-0.05, 0) is 13.0 Å². The van der Waals surface area contributed by atoms with Crippen LogP contribution in [0, 0.1) is 6.92 Å². The zero-order valence-corrected chi connectivity index (χ0v) is 10.9. The minimum absolute atomic E-state index is 0.134. The molecule has 0 bridgehead atoms. The fourth-order valence-corrected chi connectivity index (χ4v) is 2.36. The number of para-hydroxylation sites is 1. The minimum Gasteiger partial charge on any atom is -0.455 e. The predicted molar refractivity (Wildman–Crippen MR) is 69.9 cm³/mol. The van der Waals surface area contributed by atoms with Crippen LogP contribution in [0.1, 0.15) is 20.4 Å². The average Bonchev–Trinajstić information content (AvgIpc) is 3.03. The third-order valence-corrected chi connectivity index (χ3v) is 3.40. The summed E-state index contributed by atoms with van der Waals surface area (Å²) in [6.07, 6.45) is 1.67. The van der Waals surface area contributed by atoms with E-state index in [1.165, 1.54) is 11.3 Å². The van der Waals surface area contributed by atoms with Gasteiger partial charge in [-0.3, -0.25) is 5.10 Å². The number of carbonyl (C=O) groups excluding carboxylic acids is 1. The number of hydrogen-bond donors (Lipinski definition) is 1. The van der Waals surface area contributed by atoms with Crippen molar-refractivity contribution < 1.29 is 9.53 Å². The molecule has 0 saturated carbocycles. The normalized spacial score (nSPS) is 10.8. The van der Waals surface area contributed by atoms with E-state index >= 15 is 0 Å². The lowest BCUT2D eigenvalue weighted by Crippen LogP contribution is -2.05. The third-order valence-electron chi connectivity index (χ3n) is 2.59. The first-order valence-corrected chi connectivity index (χ1v) is 6.44. The van der Waals surface area contributed by atoms with Crippen LogP contribution in [0.15, 0.2) is 24.4 Å². The molecule has 0 saturated heterocycles. The Morgan fingerprint density at radius 1 is 1.42 bits per heavy atom. The molecule has 0 spiro atoms. The third kappa shape index (κ3) is 2.32. The van der Waals surface area contributed by atoms with Crippen molar-refractivity contribution in [3.05, 3.63) is 40.0 Å². The van der Waals surface area contributed by atoms with Crippen molar-refractivity contribution in [3.8, 4) is 0 Å². The lowest BCUT2D eigenvalue weighted by Gasteiger charge is -2.03. The fourth-order valence-electron chi connectivity index (χ4n) is 1.74. The highest BCUT2D eigenvalue weighted by Gasteiger charge is 2.13. The van der Waals surface area contributed by atoms with E-state index in [4.69, 9.17) is 4.74 Å². The van der Waals surface area contributed by atoms with Crippen molar-refractivity contribution >= 4 is 28.2 Å². The summed E-state index contributed by atoms with van der Waals surface area (Å²) in [5, 5.41) is 16.9. The summed E-state index contributed by atoms with van der Waals surface area (Å²) < 4.78 is 5.23. The van der Waals surface area contributed by atoms with Crippen molar-refractivity contribution in [1.29, 1.82) is 0 Å². The number of hydrogen-bond acceptors (Lipinski definition) is 6. The summed E-state index contributed by atoms with van der Waals surface area (Å²) in [6, 6.07) is 5.38. The summed E-state index contributed by atoms with van der Waals surface area (Å²) in [7, 11) is 0. The molecule has 1 aromatic carbocycles. The van der Waals surface area contributed by atoms with Crippen LogP contribution in [0.5, 0.6) is 0 Å². The molecule has 0 fully saturated rings. The number of H-pyrrole nitrogens is 1. The molecule has 0 amide bonds. The van der Waals surface area contributed by atoms with E-state index in [2.05, 4.69) is 20.4 Å². The first-order chi connectivity index (χ1) is 9.24. The maximum atomic E-state index is 12.0. The van der Waals surface area contributed by atoms with Gasteiger partial charge in [0.2, 0.25) is 0 Å². The Morgan fingerprint density at radius 3 is 3.11 bits per heavy atom. The second-order valence-corrected chi connectivity index (χ2v) is 5.20. The van der Waals surface area contributed by atoms with Crippen molar-refractivity contribution in [2.75, 3.05) is 0 Å². The number of aromatic amines is 1. The van der Waals surface area contributed by atoms with E-state index in [-0.39, 0.29) is 6.61 Å². The van der Waals surface area contributed by atoms with E-state index in [1.807, 2.05) is 13.0 Å². The number of ether oxygens (including phenoxy) is 1. The Morgan fingerprint density at radius 2 is 2.32 bits per heavy atom. The van der Waals surface area contributed by atoms with Gasteiger partial charge in [0.15, 0.2) is 5.01 Å². The molecule has 2 aromatic heterocycles. The number of aromatic nitrogens is 4. The summed E-state index contributed by atoms with van der Waals surface area (Å²) in [6.45, 7) is 1.99. The van der Waals surface area contributed by atoms with Gasteiger partial charge in [0.1, 0.15) is 11.6 Å². The highest BCUT2D eigenvalue weighted by Crippen LogP contribution is 2.17. The molecule has 1 N–H and O–H groups in total. The van der Waals surface area contributed by atoms with Crippen LogP contribution in [-0.4, -0.2) is 26.4 Å². The van der Waals surface area contributed by atoms with Gasteiger partial charge in [0.05, 0.1) is 17.3 Å². The van der Waals surface area contributed by atoms with Crippen LogP contribution in [0.4, 0.5) is 0 Å². The highest BCUT2D eigenvalue weighted by atomic mass is 32.1. The Balaban J connectivity index is 1.78. The Hall–Kier alpha value is -2.28. The summed E-state index contributed by atoms with van der Waals surface area (Å²) in [4.78, 5) is 12.0. The van der Waals surface area contributed by atoms with Crippen LogP contribution < -0.4 is 0 Å². The van der Waals surface area contributed by atoms with Gasteiger partial charge in [-0.25, -0.2) is 4.79 Å². The molecule has 0 radical (unpaired) electrons. The van der Waals surface area contributed by atoms with Crippen LogP contribution in [0.2, 0.25) is 0 Å². The number of fused-ring (bicyclic) bond motifs is 1. The number of esters is 1. The zero-order valence-electron chi connectivity index (χ0n) is 10.1. The van der Waals surface area contributed by atoms with Crippen LogP contribution in [0.25, 0.3) is 10.9 Å². The molecule has 0 aliphatic heterocycles. The van der Waals surface area contributed by atoms with Crippen LogP contribution in [-0.2, 0) is 11.3 Å². The Bertz CT molecular complexity index is 734. The van der Waals surface area contributed by atoms with Crippen molar-refractivity contribution in [3.63, 3.8) is 0 Å². The second-order valence-electron chi connectivity index (χ2n) is 3.93. The molecular formula is C12H10N4O2S. The summed E-state index contributed by atoms with van der Waals surface area (Å²) in [5.74, 6) is -0.400. The van der Waals surface area contributed by atoms with Crippen molar-refractivity contribution in [1.82, 2.24) is 20.4 Å². The maximum absolute atomic E-state index is 12.0. The number of aryl methyl sites for hydroxylation is 1. The SMILES string of the molecule is Cc1nnc(COC(=O)c2cccc3cn[nH]c23)s1. The zero-order chi connectivity index (χ0) is 13.2. The summed E-state index contributed by atoms with van der Waals surface area (Å²) in [5.41, 5.74) is 1.15. The number of nitrogens with one attached hydrogen (secondary N) is 1. The lowest BCUT2D eigenvalue weighted by molar-refractivity contribution is 0.0474. The van der Waals surface area contributed by atoms with Crippen LogP contribution in [0.3, 0.4) is 0 Å². The first kappa shape index (κ1) is 11.8. The van der Waals surface area contributed by atoms with E-state index in [9.17, 15) is 4.79 Å².